The van der Waals surface area contributed by atoms with Crippen molar-refractivity contribution in [2.75, 3.05) is 5.43 Å². The Balaban J connectivity index is 1.89. The van der Waals surface area contributed by atoms with Gasteiger partial charge >= 0.3 is 5.69 Å². The van der Waals surface area contributed by atoms with Gasteiger partial charge in [-0.25, -0.2) is 10.2 Å². The molecule has 3 N–H and O–H groups in total. The van der Waals surface area contributed by atoms with Crippen LogP contribution in [0.2, 0.25) is 0 Å². The number of aryl methyl sites for hydroxylation is 2. The van der Waals surface area contributed by atoms with Crippen molar-refractivity contribution < 1.29 is 5.11 Å². The lowest BCUT2D eigenvalue weighted by atomic mass is 10.1. The zero-order valence-electron chi connectivity index (χ0n) is 18.3. The monoisotopic (exact) mass is 426 g/mol. The Bertz CT molecular complexity index is 1170. The first-order chi connectivity index (χ1) is 14.9. The predicted molar refractivity (Wildman–Crippen MR) is 123 cm³/mol. The normalized spacial score (nSPS) is 11.9. The van der Waals surface area contributed by atoms with Crippen LogP contribution >= 0.6 is 0 Å². The minimum absolute atomic E-state index is 0.186. The molecule has 2 aromatic heterocycles. The number of hydrogen-bond acceptors (Lipinski definition) is 6. The molecular formula is C22H30N6O3. The SMILES string of the molecule is CCCCCCCCn1c(N/N=C(\C)c2ccc(O)cc2)nc2c1c(=O)[nH]c(=O)n2C. The Kier molecular flexibility index (Phi) is 7.28. The molecule has 1 aromatic carbocycles. The van der Waals surface area contributed by atoms with Gasteiger partial charge in [0.15, 0.2) is 11.2 Å². The van der Waals surface area contributed by atoms with Crippen LogP contribution in [0.3, 0.4) is 0 Å². The molecular weight excluding hydrogens is 396 g/mol. The third kappa shape index (κ3) is 5.22. The Morgan fingerprint density at radius 1 is 1.13 bits per heavy atom. The fourth-order valence-corrected chi connectivity index (χ4v) is 3.49. The fraction of sp³-hybridized carbons (Fsp3) is 0.455. The number of imidazole rings is 1. The number of aromatic hydroxyl groups is 1. The van der Waals surface area contributed by atoms with Gasteiger partial charge in [0.1, 0.15) is 5.75 Å². The highest BCUT2D eigenvalue weighted by molar-refractivity contribution is 5.99. The summed E-state index contributed by atoms with van der Waals surface area (Å²) in [6, 6.07) is 6.72. The highest BCUT2D eigenvalue weighted by Crippen LogP contribution is 2.18. The van der Waals surface area contributed by atoms with E-state index in [1.807, 2.05) is 6.92 Å². The summed E-state index contributed by atoms with van der Waals surface area (Å²) in [5.41, 5.74) is 4.22. The molecule has 0 unspecified atom stereocenters. The first-order valence-corrected chi connectivity index (χ1v) is 10.7. The van der Waals surface area contributed by atoms with E-state index in [2.05, 4.69) is 27.4 Å². The van der Waals surface area contributed by atoms with Gasteiger partial charge in [-0.2, -0.15) is 10.1 Å². The molecule has 3 aromatic rings. The number of rotatable bonds is 10. The smallest absolute Gasteiger partial charge is 0.329 e. The Morgan fingerprint density at radius 2 is 1.81 bits per heavy atom. The van der Waals surface area contributed by atoms with Crippen LogP contribution < -0.4 is 16.7 Å². The van der Waals surface area contributed by atoms with Crippen LogP contribution in [0, 0.1) is 0 Å². The summed E-state index contributed by atoms with van der Waals surface area (Å²) in [6.07, 6.45) is 6.73. The van der Waals surface area contributed by atoms with Crippen molar-refractivity contribution in [2.24, 2.45) is 12.1 Å². The second-order valence-corrected chi connectivity index (χ2v) is 7.70. The summed E-state index contributed by atoms with van der Waals surface area (Å²) >= 11 is 0. The second kappa shape index (κ2) is 10.1. The second-order valence-electron chi connectivity index (χ2n) is 7.70. The van der Waals surface area contributed by atoms with Gasteiger partial charge in [0.2, 0.25) is 5.95 Å². The van der Waals surface area contributed by atoms with Crippen molar-refractivity contribution in [3.8, 4) is 5.75 Å². The molecule has 0 spiro atoms. The van der Waals surface area contributed by atoms with Crippen LogP contribution in [0.25, 0.3) is 11.2 Å². The number of fused-ring (bicyclic) bond motifs is 1. The van der Waals surface area contributed by atoms with E-state index in [1.165, 1.54) is 23.8 Å². The van der Waals surface area contributed by atoms with Gasteiger partial charge in [-0.1, -0.05) is 39.0 Å². The molecule has 166 valence electrons. The Morgan fingerprint density at radius 3 is 2.52 bits per heavy atom. The van der Waals surface area contributed by atoms with E-state index in [4.69, 9.17) is 0 Å². The van der Waals surface area contributed by atoms with Crippen LogP contribution in [0.5, 0.6) is 5.75 Å². The number of hydrazone groups is 1. The number of hydrogen-bond donors (Lipinski definition) is 3. The maximum absolute atomic E-state index is 12.5. The van der Waals surface area contributed by atoms with E-state index in [1.54, 1.807) is 35.9 Å². The highest BCUT2D eigenvalue weighted by Gasteiger charge is 2.17. The highest BCUT2D eigenvalue weighted by atomic mass is 16.3. The minimum atomic E-state index is -0.503. The van der Waals surface area contributed by atoms with Gasteiger partial charge in [0, 0.05) is 13.6 Å². The van der Waals surface area contributed by atoms with E-state index in [9.17, 15) is 14.7 Å². The van der Waals surface area contributed by atoms with Crippen molar-refractivity contribution in [1.29, 1.82) is 0 Å². The summed E-state index contributed by atoms with van der Waals surface area (Å²) in [6.45, 7) is 4.62. The van der Waals surface area contributed by atoms with Crippen molar-refractivity contribution in [2.45, 2.75) is 58.9 Å². The van der Waals surface area contributed by atoms with Crippen molar-refractivity contribution in [3.05, 3.63) is 50.7 Å². The van der Waals surface area contributed by atoms with Crippen LogP contribution in [0.15, 0.2) is 39.0 Å². The van der Waals surface area contributed by atoms with Crippen LogP contribution in [0.1, 0.15) is 57.9 Å². The number of aromatic nitrogens is 4. The molecule has 9 nitrogen and oxygen atoms in total. The summed E-state index contributed by atoms with van der Waals surface area (Å²) < 4.78 is 3.12. The topological polar surface area (TPSA) is 117 Å². The van der Waals surface area contributed by atoms with Gasteiger partial charge in [0.25, 0.3) is 5.56 Å². The first-order valence-electron chi connectivity index (χ1n) is 10.7. The first kappa shape index (κ1) is 22.3. The third-order valence-corrected chi connectivity index (χ3v) is 5.35. The van der Waals surface area contributed by atoms with E-state index in [0.717, 1.165) is 24.8 Å². The zero-order valence-corrected chi connectivity index (χ0v) is 18.3. The van der Waals surface area contributed by atoms with Crippen LogP contribution in [-0.2, 0) is 13.6 Å². The molecule has 31 heavy (non-hydrogen) atoms. The quantitative estimate of drug-likeness (QED) is 0.261. The third-order valence-electron chi connectivity index (χ3n) is 5.35. The summed E-state index contributed by atoms with van der Waals surface area (Å²) in [5.74, 6) is 0.596. The molecule has 0 fully saturated rings. The van der Waals surface area contributed by atoms with Gasteiger partial charge in [-0.15, -0.1) is 0 Å². The largest absolute Gasteiger partial charge is 0.508 e. The number of unbranched alkanes of at least 4 members (excludes halogenated alkanes) is 5. The molecule has 0 saturated carbocycles. The molecule has 0 atom stereocenters. The molecule has 0 aliphatic rings. The Labute approximate surface area is 180 Å². The lowest BCUT2D eigenvalue weighted by Crippen LogP contribution is -2.29. The molecule has 3 rings (SSSR count). The maximum Gasteiger partial charge on any atom is 0.329 e. The number of nitrogens with one attached hydrogen (secondary N) is 2. The summed E-state index contributed by atoms with van der Waals surface area (Å²) in [5, 5.41) is 13.9. The number of H-pyrrole nitrogens is 1. The number of benzene rings is 1. The van der Waals surface area contributed by atoms with Gasteiger partial charge in [0.05, 0.1) is 5.71 Å². The van der Waals surface area contributed by atoms with Gasteiger partial charge < -0.3 is 9.67 Å². The molecule has 2 heterocycles. The average Bonchev–Trinajstić information content (AvgIpc) is 3.12. The number of aromatic amines is 1. The average molecular weight is 427 g/mol. The van der Waals surface area contributed by atoms with Crippen molar-refractivity contribution in [3.63, 3.8) is 0 Å². The standard InChI is InChI=1S/C22H30N6O3/c1-4-5-6-7-8-9-14-28-18-19(27(3)22(31)24-20(18)30)23-21(28)26-25-15(2)16-10-12-17(29)13-11-16/h10-13,29H,4-9,14H2,1-3H3,(H,23,26)(H,24,30,31)/b25-15+. The molecule has 0 saturated heterocycles. The lowest BCUT2D eigenvalue weighted by molar-refractivity contribution is 0.475. The van der Waals surface area contributed by atoms with Crippen molar-refractivity contribution in [1.82, 2.24) is 19.1 Å². The molecule has 0 amide bonds. The lowest BCUT2D eigenvalue weighted by Gasteiger charge is -2.09. The molecule has 0 bridgehead atoms. The van der Waals surface area contributed by atoms with Gasteiger partial charge in [-0.3, -0.25) is 14.3 Å². The zero-order chi connectivity index (χ0) is 22.4. The molecule has 9 heteroatoms. The van der Waals surface area contributed by atoms with E-state index in [-0.39, 0.29) is 5.75 Å². The summed E-state index contributed by atoms with van der Waals surface area (Å²) in [7, 11) is 1.58. The Hall–Kier alpha value is -3.36. The fourth-order valence-electron chi connectivity index (χ4n) is 3.49. The number of nitrogens with zero attached hydrogens (tertiary/aromatic N) is 4. The van der Waals surface area contributed by atoms with Crippen LogP contribution in [-0.4, -0.2) is 29.9 Å². The minimum Gasteiger partial charge on any atom is -0.508 e. The van der Waals surface area contributed by atoms with E-state index < -0.39 is 11.2 Å². The maximum atomic E-state index is 12.5. The molecule has 0 aliphatic heterocycles. The molecule has 0 aliphatic carbocycles. The van der Waals surface area contributed by atoms with E-state index >= 15 is 0 Å². The van der Waals surface area contributed by atoms with Crippen LogP contribution in [0.4, 0.5) is 5.95 Å². The predicted octanol–water partition coefficient (Wildman–Crippen LogP) is 3.33. The van der Waals surface area contributed by atoms with Gasteiger partial charge in [-0.05, 0) is 43.2 Å². The number of anilines is 1. The molecule has 0 radical (unpaired) electrons. The number of phenols is 1. The number of phenolic OH excluding ortho intramolecular Hbond substituents is 1. The van der Waals surface area contributed by atoms with E-state index in [0.29, 0.717) is 29.4 Å². The van der Waals surface area contributed by atoms with Crippen molar-refractivity contribution >= 4 is 22.8 Å². The summed E-state index contributed by atoms with van der Waals surface area (Å²) in [4.78, 5) is 31.4.